The number of hydrogen-bond acceptors (Lipinski definition) is 10. The van der Waals surface area contributed by atoms with Crippen molar-refractivity contribution in [2.75, 3.05) is 0 Å². The Morgan fingerprint density at radius 3 is 1.36 bits per heavy atom. The molecule has 0 spiro atoms. The van der Waals surface area contributed by atoms with E-state index in [0.717, 1.165) is 40.4 Å². The molecule has 50 heavy (non-hydrogen) atoms. The monoisotopic (exact) mass is 740 g/mol. The third-order valence-electron chi connectivity index (χ3n) is 4.73. The number of thioether (sulfide) groups is 1. The number of thiocarbonyl (C=S) groups is 1. The van der Waals surface area contributed by atoms with E-state index in [9.17, 15) is 24.0 Å². The minimum Gasteiger partial charge on any atom is -0.507 e. The Bertz CT molecular complexity index is 1390. The van der Waals surface area contributed by atoms with E-state index in [-0.39, 0.29) is 10.9 Å². The third kappa shape index (κ3) is 25.6. The summed E-state index contributed by atoms with van der Waals surface area (Å²) in [6.07, 6.45) is 2.91. The number of phenolic OH excluding ortho intramolecular Hbond substituents is 1. The second-order valence-corrected chi connectivity index (χ2v) is 10.1. The molecule has 272 valence electrons. The van der Waals surface area contributed by atoms with Crippen LogP contribution >= 0.6 is 36.6 Å². The van der Waals surface area contributed by atoms with Gasteiger partial charge in [-0.15, -0.1) is 12.6 Å². The van der Waals surface area contributed by atoms with Crippen LogP contribution in [0.25, 0.3) is 0 Å². The Kier molecular flexibility index (Phi) is 39.3. The van der Waals surface area contributed by atoms with Gasteiger partial charge in [0.25, 0.3) is 0 Å². The lowest BCUT2D eigenvalue weighted by molar-refractivity contribution is -0.109. The highest BCUT2D eigenvalue weighted by Crippen LogP contribution is 2.21. The first-order valence-electron chi connectivity index (χ1n) is 16.1. The molecule has 1 N–H and O–H groups in total. The van der Waals surface area contributed by atoms with Crippen molar-refractivity contribution in [3.8, 4) is 11.5 Å². The average molecular weight is 741 g/mol. The SMILES string of the molecule is CC.CC.CC.CC.CC(=O)Sc1ccccc1C=O.CC(=S)Oc1ccccc1C=O.O=Cc1ccccc1O.O=Cc1ccccc1S. The summed E-state index contributed by atoms with van der Waals surface area (Å²) < 4.78 is 5.14. The van der Waals surface area contributed by atoms with Gasteiger partial charge in [0.15, 0.2) is 35.3 Å². The Morgan fingerprint density at radius 2 is 0.980 bits per heavy atom. The Morgan fingerprint density at radius 1 is 0.600 bits per heavy atom. The van der Waals surface area contributed by atoms with Crippen LogP contribution in [0.4, 0.5) is 0 Å². The highest BCUT2D eigenvalue weighted by Gasteiger charge is 2.03. The fourth-order valence-corrected chi connectivity index (χ4v) is 3.82. The molecule has 0 aliphatic rings. The van der Waals surface area contributed by atoms with E-state index in [1.54, 1.807) is 85.8 Å². The molecule has 0 heterocycles. The van der Waals surface area contributed by atoms with Gasteiger partial charge in [-0.05, 0) is 48.6 Å². The summed E-state index contributed by atoms with van der Waals surface area (Å²) in [5.41, 5.74) is 2.05. The zero-order valence-corrected chi connectivity index (χ0v) is 33.2. The molecule has 4 rings (SSSR count). The number of carbonyl (C=O) groups excluding carboxylic acids is 5. The quantitative estimate of drug-likeness (QED) is 0.0862. The largest absolute Gasteiger partial charge is 0.507 e. The first-order chi connectivity index (χ1) is 24.2. The summed E-state index contributed by atoms with van der Waals surface area (Å²) in [5, 5.41) is 9.28. The molecule has 7 nitrogen and oxygen atoms in total. The van der Waals surface area contributed by atoms with Crippen LogP contribution < -0.4 is 4.74 Å². The van der Waals surface area contributed by atoms with Crippen molar-refractivity contribution in [1.82, 2.24) is 0 Å². The van der Waals surface area contributed by atoms with Crippen LogP contribution in [0, 0.1) is 0 Å². The van der Waals surface area contributed by atoms with E-state index in [1.165, 1.54) is 13.0 Å². The lowest BCUT2D eigenvalue weighted by Crippen LogP contribution is -2.00. The van der Waals surface area contributed by atoms with Gasteiger partial charge >= 0.3 is 0 Å². The van der Waals surface area contributed by atoms with Gasteiger partial charge in [-0.25, -0.2) is 0 Å². The number of thiol groups is 1. The van der Waals surface area contributed by atoms with Crippen molar-refractivity contribution in [2.45, 2.75) is 79.0 Å². The van der Waals surface area contributed by atoms with E-state index in [2.05, 4.69) is 12.6 Å². The van der Waals surface area contributed by atoms with Crippen LogP contribution in [0.3, 0.4) is 0 Å². The summed E-state index contributed by atoms with van der Waals surface area (Å²) in [6, 6.07) is 27.6. The lowest BCUT2D eigenvalue weighted by atomic mass is 10.2. The van der Waals surface area contributed by atoms with Crippen LogP contribution in [-0.2, 0) is 4.79 Å². The standard InChI is InChI=1S/2C9H8O2S.C7H6O2.C7H6OS.4C2H6/c1-7(11)12-9-5-3-2-4-8(9)6-10;1-7(12)11-9-5-3-2-4-8(9)6-10;2*8-5-6-3-1-2-4-7(6)9;4*1-2/h2*2-6H,1H3;2*1-5,9H;4*1-2H3. The van der Waals surface area contributed by atoms with Gasteiger partial charge in [-0.1, -0.05) is 128 Å². The van der Waals surface area contributed by atoms with Gasteiger partial charge in [0.1, 0.15) is 11.5 Å². The van der Waals surface area contributed by atoms with E-state index in [4.69, 9.17) is 22.1 Å². The maximum Gasteiger partial charge on any atom is 0.190 e. The Hall–Kier alpha value is -4.38. The molecule has 0 aliphatic carbocycles. The molecule has 0 aromatic heterocycles. The van der Waals surface area contributed by atoms with Crippen LogP contribution in [0.1, 0.15) is 111 Å². The summed E-state index contributed by atoms with van der Waals surface area (Å²) >= 11 is 9.87. The molecule has 0 unspecified atom stereocenters. The molecule has 10 heteroatoms. The first-order valence-corrected chi connectivity index (χ1v) is 17.8. The number of phenols is 1. The Labute approximate surface area is 314 Å². The van der Waals surface area contributed by atoms with E-state index in [0.29, 0.717) is 39.3 Å². The molecule has 0 radical (unpaired) electrons. The lowest BCUT2D eigenvalue weighted by Gasteiger charge is -2.04. The van der Waals surface area contributed by atoms with Gasteiger partial charge in [0, 0.05) is 34.8 Å². The molecular formula is C40H52O7S3. The molecule has 0 atom stereocenters. The number of ether oxygens (including phenoxy) is 1. The van der Waals surface area contributed by atoms with Gasteiger partial charge < -0.3 is 9.84 Å². The maximum absolute atomic E-state index is 10.7. The highest BCUT2D eigenvalue weighted by molar-refractivity contribution is 8.13. The fourth-order valence-electron chi connectivity index (χ4n) is 2.83. The second kappa shape index (κ2) is 37.4. The molecular weight excluding hydrogens is 689 g/mol. The molecule has 0 saturated carbocycles. The number of rotatable bonds is 6. The third-order valence-corrected chi connectivity index (χ3v) is 6.10. The number of aromatic hydroxyl groups is 1. The minimum atomic E-state index is -0.00991. The fraction of sp³-hybridized carbons (Fsp3) is 0.250. The molecule has 0 amide bonds. The van der Waals surface area contributed by atoms with E-state index >= 15 is 0 Å². The van der Waals surface area contributed by atoms with Gasteiger partial charge in [0.2, 0.25) is 0 Å². The first kappa shape index (κ1) is 52.4. The van der Waals surface area contributed by atoms with Gasteiger partial charge in [-0.2, -0.15) is 0 Å². The number of carbonyl (C=O) groups is 5. The normalized spacial score (nSPS) is 8.14. The number of benzene rings is 4. The molecule has 0 bridgehead atoms. The number of hydrogen-bond donors (Lipinski definition) is 2. The van der Waals surface area contributed by atoms with Crippen LogP contribution in [0.15, 0.2) is 107 Å². The molecule has 0 saturated heterocycles. The smallest absolute Gasteiger partial charge is 0.190 e. The van der Waals surface area contributed by atoms with Gasteiger partial charge in [-0.3, -0.25) is 24.0 Å². The van der Waals surface area contributed by atoms with Crippen molar-refractivity contribution >= 4 is 71.9 Å². The molecule has 0 aliphatic heterocycles. The second-order valence-electron chi connectivity index (χ2n) is 7.85. The van der Waals surface area contributed by atoms with Crippen LogP contribution in [-0.4, -0.2) is 40.4 Å². The van der Waals surface area contributed by atoms with E-state index < -0.39 is 0 Å². The van der Waals surface area contributed by atoms with Gasteiger partial charge in [0.05, 0.1) is 11.1 Å². The highest BCUT2D eigenvalue weighted by atomic mass is 32.2. The minimum absolute atomic E-state index is 0.00991. The van der Waals surface area contributed by atoms with Crippen molar-refractivity contribution in [3.63, 3.8) is 0 Å². The summed E-state index contributed by atoms with van der Waals surface area (Å²) in [7, 11) is 0. The maximum atomic E-state index is 10.7. The molecule has 4 aromatic carbocycles. The number of para-hydroxylation sites is 2. The van der Waals surface area contributed by atoms with Crippen LogP contribution in [0.2, 0.25) is 0 Å². The molecule has 0 fully saturated rings. The van der Waals surface area contributed by atoms with Crippen LogP contribution in [0.5, 0.6) is 11.5 Å². The average Bonchev–Trinajstić information content (AvgIpc) is 3.16. The predicted molar refractivity (Wildman–Crippen MR) is 217 cm³/mol. The van der Waals surface area contributed by atoms with Crippen molar-refractivity contribution < 1.29 is 33.8 Å². The zero-order valence-electron chi connectivity index (χ0n) is 30.7. The summed E-state index contributed by atoms with van der Waals surface area (Å²) in [4.78, 5) is 53.4. The summed E-state index contributed by atoms with van der Waals surface area (Å²) in [5.74, 6) is 0.549. The van der Waals surface area contributed by atoms with Crippen molar-refractivity contribution in [1.29, 1.82) is 0 Å². The van der Waals surface area contributed by atoms with Crippen molar-refractivity contribution in [2.24, 2.45) is 0 Å². The summed E-state index contributed by atoms with van der Waals surface area (Å²) in [6.45, 7) is 19.1. The zero-order chi connectivity index (χ0) is 39.3. The molecule has 4 aromatic rings. The predicted octanol–water partition coefficient (Wildman–Crippen LogP) is 11.5. The number of aldehydes is 4. The topological polar surface area (TPSA) is 115 Å². The van der Waals surface area contributed by atoms with Crippen molar-refractivity contribution in [3.05, 3.63) is 119 Å². The van der Waals surface area contributed by atoms with E-state index in [1.807, 2.05) is 67.5 Å². The Balaban J connectivity index is -0.000000265.